The van der Waals surface area contributed by atoms with Crippen molar-refractivity contribution >= 4 is 17.9 Å². The summed E-state index contributed by atoms with van der Waals surface area (Å²) in [4.78, 5) is 37.9. The minimum Gasteiger partial charge on any atom is -0.462 e. The minimum atomic E-state index is -0.771. The molecule has 0 heterocycles. The number of unbranched alkanes of at least 4 members (excludes halogenated alkanes) is 38. The molecule has 6 heteroatoms. The van der Waals surface area contributed by atoms with Crippen LogP contribution in [-0.4, -0.2) is 37.2 Å². The van der Waals surface area contributed by atoms with Gasteiger partial charge in [-0.3, -0.25) is 14.4 Å². The lowest BCUT2D eigenvalue weighted by Gasteiger charge is -2.18. The SMILES string of the molecule is CCCCCCC/C=C\C/C=C\C/C=C\CCCCCCCCCCCCC(=O)OCC(COC(=O)CCCCCCC)OC(=O)CCCCCCCCCCCCC/C=C\CCCCCCCCCC. The van der Waals surface area contributed by atoms with Crippen molar-refractivity contribution in [2.75, 3.05) is 13.2 Å². The van der Waals surface area contributed by atoms with Gasteiger partial charge in [0, 0.05) is 19.3 Å². The Bertz CT molecular complexity index is 1230. The fourth-order valence-electron chi connectivity index (χ4n) is 9.09. The van der Waals surface area contributed by atoms with E-state index in [-0.39, 0.29) is 31.1 Å². The molecule has 71 heavy (non-hydrogen) atoms. The maximum absolute atomic E-state index is 12.8. The first kappa shape index (κ1) is 68.4. The first-order chi connectivity index (χ1) is 35.0. The molecule has 0 aromatic heterocycles. The van der Waals surface area contributed by atoms with Crippen molar-refractivity contribution in [1.82, 2.24) is 0 Å². The second kappa shape index (κ2) is 59.9. The highest BCUT2D eigenvalue weighted by atomic mass is 16.6. The lowest BCUT2D eigenvalue weighted by atomic mass is 10.0. The van der Waals surface area contributed by atoms with Crippen LogP contribution in [0.15, 0.2) is 48.6 Å². The van der Waals surface area contributed by atoms with Crippen molar-refractivity contribution < 1.29 is 28.6 Å². The third kappa shape index (κ3) is 58.1. The molecule has 1 atom stereocenters. The van der Waals surface area contributed by atoms with E-state index in [2.05, 4.69) is 69.4 Å². The van der Waals surface area contributed by atoms with Crippen LogP contribution in [0.2, 0.25) is 0 Å². The number of esters is 3. The lowest BCUT2D eigenvalue weighted by Crippen LogP contribution is -2.30. The van der Waals surface area contributed by atoms with E-state index in [4.69, 9.17) is 14.2 Å². The number of hydrogen-bond donors (Lipinski definition) is 0. The van der Waals surface area contributed by atoms with E-state index in [1.165, 1.54) is 212 Å². The summed E-state index contributed by atoms with van der Waals surface area (Å²) in [6, 6.07) is 0. The van der Waals surface area contributed by atoms with Gasteiger partial charge in [0.05, 0.1) is 0 Å². The number of carbonyl (C=O) groups is 3. The summed E-state index contributed by atoms with van der Waals surface area (Å²) < 4.78 is 16.8. The topological polar surface area (TPSA) is 78.9 Å². The minimum absolute atomic E-state index is 0.0735. The van der Waals surface area contributed by atoms with Gasteiger partial charge in [0.2, 0.25) is 0 Å². The van der Waals surface area contributed by atoms with Crippen LogP contribution < -0.4 is 0 Å². The van der Waals surface area contributed by atoms with Gasteiger partial charge in [-0.15, -0.1) is 0 Å². The number of hydrogen-bond acceptors (Lipinski definition) is 6. The molecule has 0 aromatic carbocycles. The van der Waals surface area contributed by atoms with Gasteiger partial charge in [0.25, 0.3) is 0 Å². The average Bonchev–Trinajstić information content (AvgIpc) is 3.37. The molecule has 0 bridgehead atoms. The van der Waals surface area contributed by atoms with Crippen molar-refractivity contribution in [3.63, 3.8) is 0 Å². The van der Waals surface area contributed by atoms with Crippen molar-refractivity contribution in [3.05, 3.63) is 48.6 Å². The molecule has 0 spiro atoms. The van der Waals surface area contributed by atoms with Crippen LogP contribution in [0, 0.1) is 0 Å². The molecule has 0 aromatic rings. The van der Waals surface area contributed by atoms with Gasteiger partial charge >= 0.3 is 17.9 Å². The highest BCUT2D eigenvalue weighted by molar-refractivity contribution is 5.71. The van der Waals surface area contributed by atoms with Crippen LogP contribution >= 0.6 is 0 Å². The second-order valence-corrected chi connectivity index (χ2v) is 21.0. The molecule has 414 valence electrons. The van der Waals surface area contributed by atoms with Gasteiger partial charge in [0.15, 0.2) is 6.10 Å². The van der Waals surface area contributed by atoms with Crippen LogP contribution in [0.25, 0.3) is 0 Å². The van der Waals surface area contributed by atoms with Gasteiger partial charge in [0.1, 0.15) is 13.2 Å². The zero-order valence-electron chi connectivity index (χ0n) is 47.5. The Balaban J connectivity index is 4.05. The lowest BCUT2D eigenvalue weighted by molar-refractivity contribution is -0.167. The molecule has 0 N–H and O–H groups in total. The number of rotatable bonds is 57. The summed E-state index contributed by atoms with van der Waals surface area (Å²) in [6.45, 7) is 6.58. The first-order valence-electron chi connectivity index (χ1n) is 31.1. The van der Waals surface area contributed by atoms with E-state index >= 15 is 0 Å². The highest BCUT2D eigenvalue weighted by Gasteiger charge is 2.19. The molecule has 0 amide bonds. The van der Waals surface area contributed by atoms with Crippen LogP contribution in [0.4, 0.5) is 0 Å². The van der Waals surface area contributed by atoms with Gasteiger partial charge in [-0.25, -0.2) is 0 Å². The molecule has 0 aliphatic carbocycles. The van der Waals surface area contributed by atoms with Gasteiger partial charge in [-0.2, -0.15) is 0 Å². The third-order valence-electron chi connectivity index (χ3n) is 13.8. The summed E-state index contributed by atoms with van der Waals surface area (Å²) in [5.74, 6) is -0.877. The fraction of sp³-hybridized carbons (Fsp3) is 0.831. The van der Waals surface area contributed by atoms with E-state index in [1.807, 2.05) is 0 Å². The molecule has 0 aliphatic heterocycles. The molecule has 0 saturated carbocycles. The number of allylic oxidation sites excluding steroid dienone is 8. The molecule has 0 aliphatic rings. The van der Waals surface area contributed by atoms with E-state index in [9.17, 15) is 14.4 Å². The highest BCUT2D eigenvalue weighted by Crippen LogP contribution is 2.16. The van der Waals surface area contributed by atoms with Crippen molar-refractivity contribution in [2.24, 2.45) is 0 Å². The molecular weight excluding hydrogens is 877 g/mol. The summed E-state index contributed by atoms with van der Waals surface area (Å²) in [5, 5.41) is 0. The normalized spacial score (nSPS) is 12.3. The zero-order valence-corrected chi connectivity index (χ0v) is 47.5. The summed E-state index contributed by atoms with van der Waals surface area (Å²) in [7, 11) is 0. The first-order valence-corrected chi connectivity index (χ1v) is 31.1. The predicted octanol–water partition coefficient (Wildman–Crippen LogP) is 21.0. The number of ether oxygens (including phenoxy) is 3. The van der Waals surface area contributed by atoms with Crippen LogP contribution in [-0.2, 0) is 28.6 Å². The van der Waals surface area contributed by atoms with Crippen LogP contribution in [0.5, 0.6) is 0 Å². The van der Waals surface area contributed by atoms with Gasteiger partial charge in [-0.05, 0) is 83.5 Å². The van der Waals surface area contributed by atoms with Crippen LogP contribution in [0.1, 0.15) is 329 Å². The van der Waals surface area contributed by atoms with Crippen molar-refractivity contribution in [1.29, 1.82) is 0 Å². The summed E-state index contributed by atoms with van der Waals surface area (Å²) in [5.41, 5.74) is 0. The Morgan fingerprint density at radius 1 is 0.282 bits per heavy atom. The maximum Gasteiger partial charge on any atom is 0.306 e. The average molecular weight is 996 g/mol. The van der Waals surface area contributed by atoms with E-state index < -0.39 is 6.10 Å². The third-order valence-corrected chi connectivity index (χ3v) is 13.8. The van der Waals surface area contributed by atoms with Crippen molar-refractivity contribution in [2.45, 2.75) is 335 Å². The van der Waals surface area contributed by atoms with Gasteiger partial charge < -0.3 is 14.2 Å². The van der Waals surface area contributed by atoms with Crippen LogP contribution in [0.3, 0.4) is 0 Å². The largest absolute Gasteiger partial charge is 0.462 e. The van der Waals surface area contributed by atoms with Gasteiger partial charge in [-0.1, -0.05) is 275 Å². The van der Waals surface area contributed by atoms with E-state index in [0.29, 0.717) is 19.3 Å². The van der Waals surface area contributed by atoms with Crippen molar-refractivity contribution in [3.8, 4) is 0 Å². The molecule has 1 unspecified atom stereocenters. The Morgan fingerprint density at radius 2 is 0.507 bits per heavy atom. The standard InChI is InChI=1S/C65H118O6/c1-4-7-10-13-15-17-19-21-23-25-27-29-31-32-34-35-37-39-41-43-45-47-49-52-55-58-64(67)70-61-62(60-69-63(66)57-54-51-12-9-6-3)71-65(68)59-56-53-50-48-46-44-42-40-38-36-33-30-28-26-24-22-20-18-16-14-11-8-5-2/h19,21,25-28,31-32,62H,4-18,20,22-24,29-30,33-61H2,1-3H3/b21-19-,27-25-,28-26-,32-31-. The number of carbonyl (C=O) groups excluding carboxylic acids is 3. The monoisotopic (exact) mass is 995 g/mol. The molecular formula is C65H118O6. The molecule has 0 fully saturated rings. The molecule has 0 radical (unpaired) electrons. The van der Waals surface area contributed by atoms with E-state index in [0.717, 1.165) is 77.0 Å². The summed E-state index contributed by atoms with van der Waals surface area (Å²) in [6.07, 6.45) is 74.5. The smallest absolute Gasteiger partial charge is 0.306 e. The Hall–Kier alpha value is -2.63. The quantitative estimate of drug-likeness (QED) is 0.0261. The molecule has 6 nitrogen and oxygen atoms in total. The maximum atomic E-state index is 12.8. The molecule has 0 rings (SSSR count). The molecule has 0 saturated heterocycles. The summed E-state index contributed by atoms with van der Waals surface area (Å²) >= 11 is 0. The van der Waals surface area contributed by atoms with E-state index in [1.54, 1.807) is 0 Å². The second-order valence-electron chi connectivity index (χ2n) is 21.0. The predicted molar refractivity (Wildman–Crippen MR) is 307 cm³/mol. The fourth-order valence-corrected chi connectivity index (χ4v) is 9.09. The Labute approximate surface area is 441 Å². The zero-order chi connectivity index (χ0) is 51.4. The Morgan fingerprint density at radius 3 is 0.803 bits per heavy atom. The Kier molecular flexibility index (Phi) is 57.7.